The highest BCUT2D eigenvalue weighted by Crippen LogP contribution is 2.22. The van der Waals surface area contributed by atoms with Gasteiger partial charge in [0.15, 0.2) is 0 Å². The second-order valence-corrected chi connectivity index (χ2v) is 4.66. The van der Waals surface area contributed by atoms with E-state index in [4.69, 9.17) is 10.5 Å². The monoisotopic (exact) mass is 265 g/mol. The number of nitrogens with zero attached hydrogens (tertiary/aromatic N) is 1. The third kappa shape index (κ3) is 5.18. The van der Waals surface area contributed by atoms with Gasteiger partial charge in [0.05, 0.1) is 5.69 Å². The Morgan fingerprint density at radius 1 is 1.42 bits per heavy atom. The number of rotatable bonds is 7. The van der Waals surface area contributed by atoms with Crippen LogP contribution in [0.15, 0.2) is 18.2 Å². The van der Waals surface area contributed by atoms with Crippen LogP contribution < -0.4 is 15.8 Å². The summed E-state index contributed by atoms with van der Waals surface area (Å²) in [5, 5.41) is 2.81. The fraction of sp³-hybridized carbons (Fsp3) is 0.500. The van der Waals surface area contributed by atoms with Crippen molar-refractivity contribution in [3.8, 4) is 5.75 Å². The van der Waals surface area contributed by atoms with Crippen LogP contribution >= 0.6 is 0 Å². The number of hydrogen-bond acceptors (Lipinski definition) is 4. The third-order valence-electron chi connectivity index (χ3n) is 2.60. The first kappa shape index (κ1) is 15.3. The molecular weight excluding hydrogens is 242 g/mol. The molecule has 1 amide bonds. The summed E-state index contributed by atoms with van der Waals surface area (Å²) in [6.45, 7) is 4.06. The molecule has 5 heteroatoms. The number of carbonyl (C=O) groups is 1. The molecule has 0 heterocycles. The number of nitrogens with one attached hydrogen (secondary N) is 1. The smallest absolute Gasteiger partial charge is 0.251 e. The lowest BCUT2D eigenvalue weighted by Gasteiger charge is -2.13. The van der Waals surface area contributed by atoms with Crippen LogP contribution in [0.2, 0.25) is 0 Å². The van der Waals surface area contributed by atoms with Gasteiger partial charge >= 0.3 is 0 Å². The van der Waals surface area contributed by atoms with Gasteiger partial charge in [-0.25, -0.2) is 0 Å². The standard InChI is InChI=1S/C14H23N3O2/c1-4-7-16-14(18)11-5-6-13(12(15)10-11)19-9-8-17(2)3/h5-6,10H,4,7-9,15H2,1-3H3,(H,16,18). The van der Waals surface area contributed by atoms with E-state index in [1.807, 2.05) is 25.9 Å². The molecule has 0 aromatic heterocycles. The van der Waals surface area contributed by atoms with E-state index < -0.39 is 0 Å². The number of nitrogens with two attached hydrogens (primary N) is 1. The van der Waals surface area contributed by atoms with E-state index in [9.17, 15) is 4.79 Å². The summed E-state index contributed by atoms with van der Waals surface area (Å²) in [4.78, 5) is 13.8. The quantitative estimate of drug-likeness (QED) is 0.730. The second-order valence-electron chi connectivity index (χ2n) is 4.66. The van der Waals surface area contributed by atoms with Gasteiger partial charge in [0.1, 0.15) is 12.4 Å². The molecule has 0 saturated heterocycles. The maximum absolute atomic E-state index is 11.8. The zero-order valence-corrected chi connectivity index (χ0v) is 11.9. The minimum Gasteiger partial charge on any atom is -0.490 e. The Balaban J connectivity index is 2.61. The van der Waals surface area contributed by atoms with Gasteiger partial charge in [-0.1, -0.05) is 6.92 Å². The first-order chi connectivity index (χ1) is 9.04. The van der Waals surface area contributed by atoms with E-state index in [0.717, 1.165) is 13.0 Å². The van der Waals surface area contributed by atoms with E-state index in [-0.39, 0.29) is 5.91 Å². The molecule has 3 N–H and O–H groups in total. The fourth-order valence-electron chi connectivity index (χ4n) is 1.50. The minimum absolute atomic E-state index is 0.103. The molecule has 0 spiro atoms. The van der Waals surface area contributed by atoms with E-state index >= 15 is 0 Å². The predicted molar refractivity (Wildman–Crippen MR) is 77.5 cm³/mol. The summed E-state index contributed by atoms with van der Waals surface area (Å²) in [5.41, 5.74) is 6.94. The number of hydrogen-bond donors (Lipinski definition) is 2. The largest absolute Gasteiger partial charge is 0.490 e. The number of nitrogen functional groups attached to an aromatic ring is 1. The van der Waals surface area contributed by atoms with Crippen molar-refractivity contribution in [2.45, 2.75) is 13.3 Å². The fourth-order valence-corrected chi connectivity index (χ4v) is 1.50. The predicted octanol–water partition coefficient (Wildman–Crippen LogP) is 1.35. The van der Waals surface area contributed by atoms with E-state index in [1.54, 1.807) is 18.2 Å². The van der Waals surface area contributed by atoms with Crippen LogP contribution in [-0.4, -0.2) is 44.6 Å². The summed E-state index contributed by atoms with van der Waals surface area (Å²) in [7, 11) is 3.96. The van der Waals surface area contributed by atoms with Crippen molar-refractivity contribution in [1.29, 1.82) is 0 Å². The second kappa shape index (κ2) is 7.63. The lowest BCUT2D eigenvalue weighted by atomic mass is 10.1. The molecule has 0 bridgehead atoms. The summed E-state index contributed by atoms with van der Waals surface area (Å²) in [6.07, 6.45) is 0.910. The van der Waals surface area contributed by atoms with Gasteiger partial charge in [0, 0.05) is 18.7 Å². The van der Waals surface area contributed by atoms with E-state index in [1.165, 1.54) is 0 Å². The Labute approximate surface area is 114 Å². The van der Waals surface area contributed by atoms with Gasteiger partial charge in [0.2, 0.25) is 0 Å². The SMILES string of the molecule is CCCNC(=O)c1ccc(OCCN(C)C)c(N)c1. The van der Waals surface area contributed by atoms with Crippen LogP contribution in [0.4, 0.5) is 5.69 Å². The zero-order valence-electron chi connectivity index (χ0n) is 11.9. The molecule has 0 unspecified atom stereocenters. The summed E-state index contributed by atoms with van der Waals surface area (Å²) >= 11 is 0. The molecule has 1 aromatic carbocycles. The van der Waals surface area contributed by atoms with Gasteiger partial charge in [0.25, 0.3) is 5.91 Å². The Bertz CT molecular complexity index is 419. The molecule has 0 saturated carbocycles. The molecule has 19 heavy (non-hydrogen) atoms. The molecule has 5 nitrogen and oxygen atoms in total. The number of amides is 1. The molecule has 0 atom stereocenters. The minimum atomic E-state index is -0.103. The first-order valence-electron chi connectivity index (χ1n) is 6.49. The van der Waals surface area contributed by atoms with Crippen molar-refractivity contribution in [1.82, 2.24) is 10.2 Å². The Morgan fingerprint density at radius 3 is 2.74 bits per heavy atom. The molecule has 1 aromatic rings. The van der Waals surface area contributed by atoms with Crippen molar-refractivity contribution < 1.29 is 9.53 Å². The van der Waals surface area contributed by atoms with Crippen molar-refractivity contribution >= 4 is 11.6 Å². The third-order valence-corrected chi connectivity index (χ3v) is 2.60. The molecule has 0 radical (unpaired) electrons. The van der Waals surface area contributed by atoms with E-state index in [2.05, 4.69) is 5.32 Å². The Morgan fingerprint density at radius 2 is 2.16 bits per heavy atom. The number of carbonyl (C=O) groups excluding carboxylic acids is 1. The van der Waals surface area contributed by atoms with Crippen LogP contribution in [0, 0.1) is 0 Å². The number of anilines is 1. The number of ether oxygens (including phenoxy) is 1. The Hall–Kier alpha value is -1.75. The number of benzene rings is 1. The molecule has 0 aliphatic heterocycles. The lowest BCUT2D eigenvalue weighted by Crippen LogP contribution is -2.24. The van der Waals surface area contributed by atoms with Gasteiger partial charge in [-0.2, -0.15) is 0 Å². The highest BCUT2D eigenvalue weighted by Gasteiger charge is 2.08. The van der Waals surface area contributed by atoms with Gasteiger partial charge in [-0.15, -0.1) is 0 Å². The maximum Gasteiger partial charge on any atom is 0.251 e. The normalized spacial score (nSPS) is 10.5. The number of likely N-dealkylation sites (N-methyl/N-ethyl adjacent to an activating group) is 1. The van der Waals surface area contributed by atoms with Gasteiger partial charge in [-0.05, 0) is 38.7 Å². The van der Waals surface area contributed by atoms with Crippen molar-refractivity contribution in [2.75, 3.05) is 39.5 Å². The zero-order chi connectivity index (χ0) is 14.3. The van der Waals surface area contributed by atoms with Crippen molar-refractivity contribution in [3.05, 3.63) is 23.8 Å². The van der Waals surface area contributed by atoms with Crippen LogP contribution in [0.1, 0.15) is 23.7 Å². The molecule has 1 rings (SSSR count). The molecule has 106 valence electrons. The first-order valence-corrected chi connectivity index (χ1v) is 6.49. The van der Waals surface area contributed by atoms with Gasteiger partial charge < -0.3 is 20.7 Å². The lowest BCUT2D eigenvalue weighted by molar-refractivity contribution is 0.0953. The van der Waals surface area contributed by atoms with Crippen molar-refractivity contribution in [3.63, 3.8) is 0 Å². The average Bonchev–Trinajstić information content (AvgIpc) is 2.37. The molecule has 0 fully saturated rings. The van der Waals surface area contributed by atoms with Gasteiger partial charge in [-0.3, -0.25) is 4.79 Å². The van der Waals surface area contributed by atoms with Crippen LogP contribution in [0.5, 0.6) is 5.75 Å². The van der Waals surface area contributed by atoms with Crippen molar-refractivity contribution in [2.24, 2.45) is 0 Å². The van der Waals surface area contributed by atoms with E-state index in [0.29, 0.717) is 30.2 Å². The summed E-state index contributed by atoms with van der Waals surface area (Å²) < 4.78 is 5.57. The molecule has 0 aliphatic rings. The highest BCUT2D eigenvalue weighted by molar-refractivity contribution is 5.95. The van der Waals surface area contributed by atoms with Crippen LogP contribution in [-0.2, 0) is 0 Å². The summed E-state index contributed by atoms with van der Waals surface area (Å²) in [5.74, 6) is 0.516. The van der Waals surface area contributed by atoms with Crippen LogP contribution in [0.3, 0.4) is 0 Å². The maximum atomic E-state index is 11.8. The average molecular weight is 265 g/mol. The molecule has 0 aliphatic carbocycles. The topological polar surface area (TPSA) is 67.6 Å². The summed E-state index contributed by atoms with van der Waals surface area (Å²) in [6, 6.07) is 5.12. The highest BCUT2D eigenvalue weighted by atomic mass is 16.5. The Kier molecular flexibility index (Phi) is 6.15. The van der Waals surface area contributed by atoms with Crippen LogP contribution in [0.25, 0.3) is 0 Å². The molecular formula is C14H23N3O2.